The number of carbonyl (C=O) groups is 1. The number of likely N-dealkylation sites (tertiary alicyclic amines) is 1. The molecule has 0 radical (unpaired) electrons. The Morgan fingerprint density at radius 3 is 2.85 bits per heavy atom. The van der Waals surface area contributed by atoms with Crippen LogP contribution in [-0.4, -0.2) is 59.3 Å². The summed E-state index contributed by atoms with van der Waals surface area (Å²) in [7, 11) is 0. The fourth-order valence-electron chi connectivity index (χ4n) is 5.98. The van der Waals surface area contributed by atoms with Crippen molar-refractivity contribution in [2.75, 3.05) is 37.2 Å². The Morgan fingerprint density at radius 2 is 2.15 bits per heavy atom. The van der Waals surface area contributed by atoms with Gasteiger partial charge in [0.2, 0.25) is 0 Å². The smallest absolute Gasteiger partial charge is 0.322 e. The molecule has 4 N–H and O–H groups in total. The molecule has 3 fully saturated rings. The minimum atomic E-state index is -0.511. The lowest BCUT2D eigenvalue weighted by atomic mass is 9.80. The molecule has 1 unspecified atom stereocenters. The summed E-state index contributed by atoms with van der Waals surface area (Å²) in [6.07, 6.45) is 4.52. The van der Waals surface area contributed by atoms with Crippen LogP contribution in [0, 0.1) is 11.7 Å². The number of anilines is 2. The van der Waals surface area contributed by atoms with E-state index in [-0.39, 0.29) is 28.6 Å². The molecule has 2 aromatic rings. The molecule has 1 aliphatic heterocycles. The van der Waals surface area contributed by atoms with Crippen LogP contribution in [0.15, 0.2) is 42.5 Å². The third-order valence-electron chi connectivity index (χ3n) is 7.95. The number of urea groups is 1. The van der Waals surface area contributed by atoms with Crippen LogP contribution in [-0.2, 0) is 5.41 Å². The summed E-state index contributed by atoms with van der Waals surface area (Å²) in [5.74, 6) is 0.0280. The number of rotatable bonds is 6. The first-order valence-corrected chi connectivity index (χ1v) is 12.5. The lowest BCUT2D eigenvalue weighted by molar-refractivity contribution is 0.142. The number of hydrogen-bond acceptors (Lipinski definition) is 4. The predicted molar refractivity (Wildman–Crippen MR) is 132 cm³/mol. The summed E-state index contributed by atoms with van der Waals surface area (Å²) >= 11 is 5.92. The van der Waals surface area contributed by atoms with Crippen molar-refractivity contribution in [2.24, 2.45) is 5.92 Å². The number of nitrogens with zero attached hydrogens (tertiary/aromatic N) is 2. The van der Waals surface area contributed by atoms with Crippen molar-refractivity contribution in [1.82, 2.24) is 9.80 Å². The molecule has 5 rings (SSSR count). The lowest BCUT2D eigenvalue weighted by Gasteiger charge is -2.37. The summed E-state index contributed by atoms with van der Waals surface area (Å²) in [5, 5.41) is 12.8. The Bertz CT molecular complexity index is 1070. The van der Waals surface area contributed by atoms with Gasteiger partial charge < -0.3 is 21.1 Å². The van der Waals surface area contributed by atoms with E-state index in [0.717, 1.165) is 50.9 Å². The van der Waals surface area contributed by atoms with Crippen molar-refractivity contribution in [3.05, 3.63) is 58.9 Å². The van der Waals surface area contributed by atoms with Crippen LogP contribution in [0.2, 0.25) is 5.02 Å². The van der Waals surface area contributed by atoms with E-state index in [4.69, 9.17) is 17.3 Å². The van der Waals surface area contributed by atoms with Crippen LogP contribution in [0.3, 0.4) is 0 Å². The average molecular weight is 487 g/mol. The number of carbonyl (C=O) groups excluding carboxylic acids is 1. The van der Waals surface area contributed by atoms with Gasteiger partial charge in [-0.15, -0.1) is 0 Å². The zero-order valence-corrected chi connectivity index (χ0v) is 20.0. The summed E-state index contributed by atoms with van der Waals surface area (Å²) in [5.41, 5.74) is 8.83. The monoisotopic (exact) mass is 486 g/mol. The van der Waals surface area contributed by atoms with Gasteiger partial charge in [0.1, 0.15) is 5.82 Å². The lowest BCUT2D eigenvalue weighted by Crippen LogP contribution is -2.48. The number of benzene rings is 2. The highest BCUT2D eigenvalue weighted by atomic mass is 35.5. The second kappa shape index (κ2) is 9.36. The fourth-order valence-corrected chi connectivity index (χ4v) is 6.16. The first-order valence-electron chi connectivity index (χ1n) is 12.1. The maximum Gasteiger partial charge on any atom is 0.322 e. The van der Waals surface area contributed by atoms with E-state index < -0.39 is 5.82 Å². The number of halogens is 2. The van der Waals surface area contributed by atoms with Gasteiger partial charge in [0.25, 0.3) is 0 Å². The summed E-state index contributed by atoms with van der Waals surface area (Å²) < 4.78 is 13.6. The fraction of sp³-hybridized carbons (Fsp3) is 0.500. The largest absolute Gasteiger partial charge is 0.399 e. The molecule has 1 heterocycles. The second-order valence-corrected chi connectivity index (χ2v) is 10.5. The van der Waals surface area contributed by atoms with Crippen molar-refractivity contribution in [2.45, 2.75) is 49.7 Å². The Hall–Kier alpha value is -2.35. The molecule has 0 spiro atoms. The number of hydrogen-bond donors (Lipinski definition) is 3. The molecule has 0 aromatic heterocycles. The maximum absolute atomic E-state index is 13.6. The first kappa shape index (κ1) is 23.4. The Balaban J connectivity index is 1.29. The number of nitrogen functional groups attached to an aromatic ring is 1. The van der Waals surface area contributed by atoms with Crippen molar-refractivity contribution < 1.29 is 14.3 Å². The highest BCUT2D eigenvalue weighted by Crippen LogP contribution is 2.63. The normalized spacial score (nSPS) is 28.4. The highest BCUT2D eigenvalue weighted by molar-refractivity contribution is 6.31. The van der Waals surface area contributed by atoms with Crippen LogP contribution in [0.4, 0.5) is 20.6 Å². The predicted octanol–water partition coefficient (Wildman–Crippen LogP) is 4.47. The molecule has 2 amide bonds. The molecule has 2 aliphatic carbocycles. The first-order chi connectivity index (χ1) is 16.3. The van der Waals surface area contributed by atoms with Gasteiger partial charge in [-0.2, -0.15) is 0 Å². The quantitative estimate of drug-likeness (QED) is 0.526. The molecule has 2 saturated carbocycles. The van der Waals surface area contributed by atoms with Gasteiger partial charge >= 0.3 is 6.03 Å². The molecule has 1 saturated heterocycles. The van der Waals surface area contributed by atoms with Crippen LogP contribution in [0.5, 0.6) is 0 Å². The third kappa shape index (κ3) is 4.74. The van der Waals surface area contributed by atoms with Gasteiger partial charge in [-0.25, -0.2) is 9.18 Å². The number of fused-ring (bicyclic) bond motifs is 1. The topological polar surface area (TPSA) is 81.8 Å². The van der Waals surface area contributed by atoms with E-state index in [1.807, 2.05) is 17.0 Å². The van der Waals surface area contributed by atoms with E-state index in [1.54, 1.807) is 0 Å². The molecule has 2 aromatic carbocycles. The van der Waals surface area contributed by atoms with Crippen LogP contribution < -0.4 is 11.1 Å². The summed E-state index contributed by atoms with van der Waals surface area (Å²) in [4.78, 5) is 17.5. The number of nitrogens with one attached hydrogen (secondary N) is 1. The van der Waals surface area contributed by atoms with Crippen molar-refractivity contribution in [3.63, 3.8) is 0 Å². The van der Waals surface area contributed by atoms with Gasteiger partial charge in [0, 0.05) is 43.6 Å². The van der Waals surface area contributed by atoms with Crippen LogP contribution in [0.25, 0.3) is 0 Å². The number of β-amino-alcohol motifs (C(OH)–C–C–N with tert-alkyl or cyclic N) is 1. The number of aliphatic hydroxyl groups is 1. The molecular weight excluding hydrogens is 455 g/mol. The van der Waals surface area contributed by atoms with E-state index >= 15 is 0 Å². The molecule has 3 aliphatic rings. The highest BCUT2D eigenvalue weighted by Gasteiger charge is 2.58. The maximum atomic E-state index is 13.6. The van der Waals surface area contributed by atoms with E-state index in [1.165, 1.54) is 23.8 Å². The van der Waals surface area contributed by atoms with Gasteiger partial charge in [0.15, 0.2) is 0 Å². The summed E-state index contributed by atoms with van der Waals surface area (Å²) in [6.45, 7) is 2.79. The van der Waals surface area contributed by atoms with Gasteiger partial charge in [-0.05, 0) is 79.3 Å². The zero-order chi connectivity index (χ0) is 23.9. The average Bonchev–Trinajstić information content (AvgIpc) is 3.41. The minimum Gasteiger partial charge on any atom is -0.399 e. The van der Waals surface area contributed by atoms with Crippen LogP contribution in [0.1, 0.15) is 37.7 Å². The standard InChI is InChI=1S/C26H32ClFN4O2/c27-23-14-20(4-5-24(23)28)30-25(34)32(11-10-31-9-7-22(33)16-31)21-6-8-26(15-18(26)13-21)17-2-1-3-19(29)12-17/h1-5,12,14,18,21-22,33H,6-11,13,15-16,29H2,(H,30,34)/t18?,21-,22-,26-/m1/s1. The Morgan fingerprint density at radius 1 is 1.29 bits per heavy atom. The Labute approximate surface area is 204 Å². The van der Waals surface area contributed by atoms with Gasteiger partial charge in [0.05, 0.1) is 11.1 Å². The number of amides is 2. The molecule has 4 atom stereocenters. The van der Waals surface area contributed by atoms with Crippen LogP contribution >= 0.6 is 11.6 Å². The molecule has 8 heteroatoms. The number of aliphatic hydroxyl groups excluding tert-OH is 1. The summed E-state index contributed by atoms with van der Waals surface area (Å²) in [6, 6.07) is 12.4. The molecule has 0 bridgehead atoms. The van der Waals surface area contributed by atoms with E-state index in [0.29, 0.717) is 24.7 Å². The SMILES string of the molecule is Nc1cccc([C@]23CC[C@@H](N(CCN4CC[C@@H](O)C4)C(=O)Nc4ccc(F)c(Cl)c4)CC2C3)c1. The molecule has 182 valence electrons. The van der Waals surface area contributed by atoms with Crippen molar-refractivity contribution in [3.8, 4) is 0 Å². The van der Waals surface area contributed by atoms with Gasteiger partial charge in [-0.1, -0.05) is 23.7 Å². The zero-order valence-electron chi connectivity index (χ0n) is 19.2. The molecule has 6 nitrogen and oxygen atoms in total. The van der Waals surface area contributed by atoms with E-state index in [9.17, 15) is 14.3 Å². The molecule has 34 heavy (non-hydrogen) atoms. The Kier molecular flexibility index (Phi) is 6.44. The number of nitrogens with two attached hydrogens (primary N) is 1. The van der Waals surface area contributed by atoms with Crippen molar-refractivity contribution >= 4 is 29.0 Å². The van der Waals surface area contributed by atoms with Crippen molar-refractivity contribution in [1.29, 1.82) is 0 Å². The molecular formula is C26H32ClFN4O2. The van der Waals surface area contributed by atoms with Gasteiger partial charge in [-0.3, -0.25) is 4.90 Å². The second-order valence-electron chi connectivity index (χ2n) is 10.1. The third-order valence-corrected chi connectivity index (χ3v) is 8.24. The van der Waals surface area contributed by atoms with E-state index in [2.05, 4.69) is 22.3 Å². The minimum absolute atomic E-state index is 0.0158.